The summed E-state index contributed by atoms with van der Waals surface area (Å²) < 4.78 is 43.9. The lowest BCUT2D eigenvalue weighted by Crippen LogP contribution is -2.45. The van der Waals surface area contributed by atoms with Gasteiger partial charge in [0.2, 0.25) is 5.69 Å². The number of aliphatic carboxylic acids is 1. The fraction of sp³-hybridized carbons (Fsp3) is 0.448. The minimum absolute atomic E-state index is 0.0364. The van der Waals surface area contributed by atoms with E-state index in [1.807, 2.05) is 26.0 Å². The van der Waals surface area contributed by atoms with Crippen molar-refractivity contribution in [2.45, 2.75) is 57.5 Å². The number of hydrogen-bond acceptors (Lipinski definition) is 6. The van der Waals surface area contributed by atoms with Gasteiger partial charge < -0.3 is 19.3 Å². The molecule has 9 heteroatoms. The van der Waals surface area contributed by atoms with Gasteiger partial charge in [-0.25, -0.2) is 8.42 Å². The molecule has 8 nitrogen and oxygen atoms in total. The highest BCUT2D eigenvalue weighted by Crippen LogP contribution is 2.50. The molecule has 38 heavy (non-hydrogen) atoms. The van der Waals surface area contributed by atoms with E-state index in [9.17, 15) is 22.9 Å². The molecule has 0 aromatic heterocycles. The minimum atomic E-state index is -4.39. The molecule has 3 atom stereocenters. The first-order valence-corrected chi connectivity index (χ1v) is 14.8. The normalized spacial score (nSPS) is 25.5. The highest BCUT2D eigenvalue weighted by Gasteiger charge is 2.55. The Kier molecular flexibility index (Phi) is 5.74. The van der Waals surface area contributed by atoms with Gasteiger partial charge in [0.05, 0.1) is 27.5 Å². The summed E-state index contributed by atoms with van der Waals surface area (Å²) in [5, 5.41) is 9.92. The molecule has 0 saturated heterocycles. The maximum Gasteiger partial charge on any atom is 0.304 e. The SMILES string of the molecule is CCN1CCC(CS(=O)(=O)[O-])c2cc3c(cc21)OC1CC[N+]2=C(C1=C3)C(C)(CC(=O)O)c1cc(C)ccc12. The highest BCUT2D eigenvalue weighted by molar-refractivity contribution is 7.85. The summed E-state index contributed by atoms with van der Waals surface area (Å²) in [5.74, 6) is -0.915. The topological polar surface area (TPSA) is 110 Å². The Morgan fingerprint density at radius 3 is 2.76 bits per heavy atom. The van der Waals surface area contributed by atoms with Crippen LogP contribution in [-0.4, -0.2) is 65.8 Å². The number of fused-ring (bicyclic) bond motifs is 6. The molecule has 0 spiro atoms. The summed E-state index contributed by atoms with van der Waals surface area (Å²) in [7, 11) is -4.39. The molecule has 2 aromatic rings. The van der Waals surface area contributed by atoms with Gasteiger partial charge in [0.15, 0.2) is 12.3 Å². The third-order valence-corrected chi connectivity index (χ3v) is 9.43. The van der Waals surface area contributed by atoms with Gasteiger partial charge in [0.1, 0.15) is 11.9 Å². The number of carboxylic acids is 1. The van der Waals surface area contributed by atoms with E-state index in [0.717, 1.165) is 70.2 Å². The van der Waals surface area contributed by atoms with Crippen LogP contribution in [0.25, 0.3) is 6.08 Å². The minimum Gasteiger partial charge on any atom is -0.748 e. The Labute approximate surface area is 223 Å². The number of aryl methyl sites for hydroxylation is 1. The van der Waals surface area contributed by atoms with Gasteiger partial charge in [-0.05, 0) is 51.0 Å². The summed E-state index contributed by atoms with van der Waals surface area (Å²) in [5.41, 5.74) is 6.98. The fourth-order valence-corrected chi connectivity index (χ4v) is 7.81. The first-order chi connectivity index (χ1) is 18.0. The molecular formula is C29H32N2O6S. The predicted molar refractivity (Wildman–Crippen MR) is 144 cm³/mol. The summed E-state index contributed by atoms with van der Waals surface area (Å²) in [6.07, 6.45) is 3.21. The molecule has 4 aliphatic rings. The van der Waals surface area contributed by atoms with Crippen LogP contribution in [0.2, 0.25) is 0 Å². The first kappa shape index (κ1) is 25.1. The number of carboxylic acid groups (broad SMARTS) is 1. The molecule has 0 bridgehead atoms. The van der Waals surface area contributed by atoms with Crippen LogP contribution in [0.5, 0.6) is 5.75 Å². The van der Waals surface area contributed by atoms with Crippen LogP contribution in [0, 0.1) is 6.92 Å². The summed E-state index contributed by atoms with van der Waals surface area (Å²) in [4.78, 5) is 14.3. The Balaban J connectivity index is 1.51. The smallest absolute Gasteiger partial charge is 0.304 e. The molecular weight excluding hydrogens is 504 g/mol. The number of ether oxygens (including phenoxy) is 1. The lowest BCUT2D eigenvalue weighted by Gasteiger charge is -2.38. The van der Waals surface area contributed by atoms with Crippen molar-refractivity contribution in [3.05, 3.63) is 58.2 Å². The number of rotatable bonds is 5. The Bertz CT molecular complexity index is 1540. The van der Waals surface area contributed by atoms with Crippen LogP contribution in [0.15, 0.2) is 35.9 Å². The van der Waals surface area contributed by atoms with Crippen molar-refractivity contribution in [3.8, 4) is 5.75 Å². The molecule has 0 saturated carbocycles. The van der Waals surface area contributed by atoms with E-state index in [0.29, 0.717) is 13.0 Å². The zero-order chi connectivity index (χ0) is 27.0. The number of anilines is 1. The van der Waals surface area contributed by atoms with Crippen LogP contribution in [0.4, 0.5) is 11.4 Å². The fourth-order valence-electron chi connectivity index (χ4n) is 6.97. The summed E-state index contributed by atoms with van der Waals surface area (Å²) in [6, 6.07) is 10.2. The zero-order valence-corrected chi connectivity index (χ0v) is 22.7. The van der Waals surface area contributed by atoms with E-state index in [1.165, 1.54) is 0 Å². The molecule has 0 aliphatic carbocycles. The number of carbonyl (C=O) groups is 1. The van der Waals surface area contributed by atoms with E-state index in [4.69, 9.17) is 4.74 Å². The lowest BCUT2D eigenvalue weighted by molar-refractivity contribution is -0.444. The molecule has 4 aliphatic heterocycles. The van der Waals surface area contributed by atoms with Gasteiger partial charge in [0.25, 0.3) is 0 Å². The number of benzene rings is 2. The predicted octanol–water partition coefficient (Wildman–Crippen LogP) is 3.93. The summed E-state index contributed by atoms with van der Waals surface area (Å²) in [6.45, 7) is 8.27. The van der Waals surface area contributed by atoms with Gasteiger partial charge in [-0.1, -0.05) is 11.6 Å². The van der Waals surface area contributed by atoms with Crippen molar-refractivity contribution in [2.24, 2.45) is 0 Å². The molecule has 0 radical (unpaired) electrons. The molecule has 1 N–H and O–H groups in total. The molecule has 200 valence electrons. The average Bonchev–Trinajstić information content (AvgIpc) is 3.08. The van der Waals surface area contributed by atoms with Crippen LogP contribution >= 0.6 is 0 Å². The van der Waals surface area contributed by atoms with Gasteiger partial charge in [-0.3, -0.25) is 4.79 Å². The molecule has 4 heterocycles. The van der Waals surface area contributed by atoms with Crippen LogP contribution < -0.4 is 9.64 Å². The number of nitrogens with zero attached hydrogens (tertiary/aromatic N) is 2. The second-order valence-corrected chi connectivity index (χ2v) is 12.6. The Morgan fingerprint density at radius 2 is 2.05 bits per heavy atom. The van der Waals surface area contributed by atoms with Gasteiger partial charge in [-0.2, -0.15) is 4.58 Å². The zero-order valence-electron chi connectivity index (χ0n) is 21.9. The van der Waals surface area contributed by atoms with Crippen LogP contribution in [-0.2, 0) is 20.3 Å². The summed E-state index contributed by atoms with van der Waals surface area (Å²) >= 11 is 0. The van der Waals surface area contributed by atoms with Crippen molar-refractivity contribution in [3.63, 3.8) is 0 Å². The third-order valence-electron chi connectivity index (χ3n) is 8.62. The average molecular weight is 537 g/mol. The van der Waals surface area contributed by atoms with Crippen molar-refractivity contribution >= 4 is 39.2 Å². The quantitative estimate of drug-likeness (QED) is 0.455. The molecule has 0 fully saturated rings. The van der Waals surface area contributed by atoms with Crippen molar-refractivity contribution in [1.82, 2.24) is 0 Å². The van der Waals surface area contributed by atoms with Crippen molar-refractivity contribution in [1.29, 1.82) is 0 Å². The maximum absolute atomic E-state index is 12.1. The van der Waals surface area contributed by atoms with Crippen molar-refractivity contribution in [2.75, 3.05) is 30.3 Å². The third kappa shape index (κ3) is 3.94. The lowest BCUT2D eigenvalue weighted by atomic mass is 9.72. The van der Waals surface area contributed by atoms with E-state index in [2.05, 4.69) is 40.7 Å². The highest BCUT2D eigenvalue weighted by atomic mass is 32.2. The van der Waals surface area contributed by atoms with E-state index in [1.54, 1.807) is 0 Å². The largest absolute Gasteiger partial charge is 0.748 e. The standard InChI is InChI=1S/C29H32N2O6S/c1-4-30-9-7-18(16-38(34,35)36)20-12-19-13-21-25(37-26(19)14-24(20)30)8-10-31-23-6-5-17(2)11-22(23)29(3,28(21)31)15-27(32)33/h5-6,11-14,18,25H,4,7-10,15-16H2,1-3H3,(H-,32,33,34,35,36). The molecule has 6 rings (SSSR count). The molecule has 0 amide bonds. The van der Waals surface area contributed by atoms with E-state index >= 15 is 0 Å². The number of hydrogen-bond donors (Lipinski definition) is 1. The van der Waals surface area contributed by atoms with Gasteiger partial charge >= 0.3 is 5.97 Å². The van der Waals surface area contributed by atoms with Gasteiger partial charge in [0, 0.05) is 60.1 Å². The first-order valence-electron chi connectivity index (χ1n) is 13.2. The van der Waals surface area contributed by atoms with Crippen molar-refractivity contribution < 1.29 is 32.2 Å². The van der Waals surface area contributed by atoms with E-state index < -0.39 is 27.3 Å². The second kappa shape index (κ2) is 8.68. The van der Waals surface area contributed by atoms with Crippen LogP contribution in [0.3, 0.4) is 0 Å². The Hall–Kier alpha value is -3.17. The van der Waals surface area contributed by atoms with Gasteiger partial charge in [-0.15, -0.1) is 0 Å². The maximum atomic E-state index is 12.1. The molecule has 3 unspecified atom stereocenters. The van der Waals surface area contributed by atoms with Crippen LogP contribution in [0.1, 0.15) is 61.3 Å². The monoisotopic (exact) mass is 536 g/mol. The Morgan fingerprint density at radius 1 is 1.26 bits per heavy atom. The molecule has 2 aromatic carbocycles. The second-order valence-electron chi connectivity index (χ2n) is 11.2. The van der Waals surface area contributed by atoms with E-state index in [-0.39, 0.29) is 18.4 Å².